The summed E-state index contributed by atoms with van der Waals surface area (Å²) in [5.41, 5.74) is 1.44. The Labute approximate surface area is 209 Å². The highest BCUT2D eigenvalue weighted by molar-refractivity contribution is 7.87. The lowest BCUT2D eigenvalue weighted by molar-refractivity contribution is -0.136. The summed E-state index contributed by atoms with van der Waals surface area (Å²) in [7, 11) is -2.65. The van der Waals surface area contributed by atoms with Crippen LogP contribution < -0.4 is 10.0 Å². The number of carboxylic acids is 1. The van der Waals surface area contributed by atoms with Crippen LogP contribution in [0.25, 0.3) is 10.4 Å². The van der Waals surface area contributed by atoms with E-state index in [9.17, 15) is 22.4 Å². The molecule has 1 saturated heterocycles. The fraction of sp³-hybridized carbons (Fsp3) is 0.227. The van der Waals surface area contributed by atoms with E-state index >= 15 is 0 Å². The van der Waals surface area contributed by atoms with E-state index in [-0.39, 0.29) is 23.6 Å². The van der Waals surface area contributed by atoms with Gasteiger partial charge >= 0.3 is 5.97 Å². The number of pyridine rings is 1. The van der Waals surface area contributed by atoms with E-state index in [0.29, 0.717) is 10.6 Å². The minimum atomic E-state index is -3.96. The Morgan fingerprint density at radius 3 is 2.71 bits per heavy atom. The van der Waals surface area contributed by atoms with Crippen LogP contribution in [0.1, 0.15) is 23.0 Å². The number of nitrogens with one attached hydrogen (secondary N) is 2. The van der Waals surface area contributed by atoms with Gasteiger partial charge < -0.3 is 10.4 Å². The molecule has 1 amide bonds. The molecule has 3 N–H and O–H groups in total. The zero-order valence-corrected chi connectivity index (χ0v) is 20.6. The van der Waals surface area contributed by atoms with Crippen molar-refractivity contribution in [3.05, 3.63) is 70.1 Å². The van der Waals surface area contributed by atoms with E-state index < -0.39 is 40.0 Å². The van der Waals surface area contributed by atoms with E-state index in [0.717, 1.165) is 20.8 Å². The van der Waals surface area contributed by atoms with Gasteiger partial charge in [-0.25, -0.2) is 4.39 Å². The molecule has 1 aliphatic rings. The molecular weight excluding hydrogens is 519 g/mol. The summed E-state index contributed by atoms with van der Waals surface area (Å²) in [5.74, 6) is -2.17. The van der Waals surface area contributed by atoms with Gasteiger partial charge in [0.2, 0.25) is 5.91 Å². The fourth-order valence-electron chi connectivity index (χ4n) is 3.62. The van der Waals surface area contributed by atoms with Crippen LogP contribution in [-0.2, 0) is 26.2 Å². The number of anilines is 1. The van der Waals surface area contributed by atoms with Crippen molar-refractivity contribution in [1.29, 1.82) is 0 Å². The average Bonchev–Trinajstić information content (AvgIpc) is 3.28. The minimum absolute atomic E-state index is 0.159. The molecule has 0 unspecified atom stereocenters. The number of carboxylic acid groups (broad SMARTS) is 1. The van der Waals surface area contributed by atoms with Gasteiger partial charge in [-0.2, -0.15) is 17.4 Å². The fourth-order valence-corrected chi connectivity index (χ4v) is 6.20. The number of benzene rings is 1. The minimum Gasteiger partial charge on any atom is -0.481 e. The number of amides is 1. The second-order valence-electron chi connectivity index (χ2n) is 7.87. The van der Waals surface area contributed by atoms with Gasteiger partial charge in [-0.15, -0.1) is 11.3 Å². The number of thiophene rings is 1. The van der Waals surface area contributed by atoms with Crippen molar-refractivity contribution >= 4 is 50.7 Å². The average molecular weight is 539 g/mol. The van der Waals surface area contributed by atoms with Gasteiger partial charge in [-0.1, -0.05) is 17.7 Å². The Balaban J connectivity index is 1.53. The first-order valence-electron chi connectivity index (χ1n) is 10.3. The molecule has 1 aliphatic heterocycles. The number of nitrogens with zero attached hydrogens (tertiary/aromatic N) is 2. The molecule has 9 nitrogen and oxygen atoms in total. The highest BCUT2D eigenvalue weighted by Crippen LogP contribution is 2.36. The summed E-state index contributed by atoms with van der Waals surface area (Å²) in [6, 6.07) is 9.01. The number of halogens is 2. The molecule has 0 radical (unpaired) electrons. The molecule has 35 heavy (non-hydrogen) atoms. The van der Waals surface area contributed by atoms with Gasteiger partial charge in [-0.05, 0) is 42.8 Å². The van der Waals surface area contributed by atoms with E-state index in [1.165, 1.54) is 30.5 Å². The SMILES string of the molecule is CN1[C@@H](C(=O)Nc2ccc(F)c(Cl)c2)C[C@@H](c2ccc(-c3ccc(CC(=O)O)nc3)s2)NS1(=O)=O. The predicted molar refractivity (Wildman–Crippen MR) is 130 cm³/mol. The van der Waals surface area contributed by atoms with Gasteiger partial charge in [0.15, 0.2) is 0 Å². The topological polar surface area (TPSA) is 129 Å². The van der Waals surface area contributed by atoms with E-state index in [1.54, 1.807) is 24.4 Å². The second kappa shape index (κ2) is 9.99. The van der Waals surface area contributed by atoms with Crippen LogP contribution in [0.15, 0.2) is 48.7 Å². The molecule has 0 aliphatic carbocycles. The first kappa shape index (κ1) is 25.2. The van der Waals surface area contributed by atoms with Crippen molar-refractivity contribution in [3.63, 3.8) is 0 Å². The Hall–Kier alpha value is -2.90. The number of likely N-dealkylation sites (N-methyl/N-ethyl adjacent to an activating group) is 1. The van der Waals surface area contributed by atoms with Gasteiger partial charge in [0.05, 0.1) is 23.2 Å². The van der Waals surface area contributed by atoms with Gasteiger partial charge in [0.1, 0.15) is 11.9 Å². The second-order valence-corrected chi connectivity index (χ2v) is 11.2. The molecule has 1 fully saturated rings. The molecule has 3 heterocycles. The Morgan fingerprint density at radius 2 is 2.06 bits per heavy atom. The lowest BCUT2D eigenvalue weighted by Crippen LogP contribution is -2.55. The highest BCUT2D eigenvalue weighted by Gasteiger charge is 2.41. The van der Waals surface area contributed by atoms with Crippen LogP contribution in [-0.4, -0.2) is 47.8 Å². The summed E-state index contributed by atoms with van der Waals surface area (Å²) >= 11 is 7.11. The third-order valence-corrected chi connectivity index (χ3v) is 8.60. The van der Waals surface area contributed by atoms with Crippen molar-refractivity contribution in [3.8, 4) is 10.4 Å². The van der Waals surface area contributed by atoms with E-state index in [2.05, 4.69) is 15.0 Å². The van der Waals surface area contributed by atoms with Crippen molar-refractivity contribution in [2.75, 3.05) is 12.4 Å². The molecule has 2 aromatic heterocycles. The van der Waals surface area contributed by atoms with Crippen LogP contribution in [0.2, 0.25) is 5.02 Å². The quantitative estimate of drug-likeness (QED) is 0.441. The van der Waals surface area contributed by atoms with Crippen LogP contribution in [0.5, 0.6) is 0 Å². The van der Waals surface area contributed by atoms with Crippen LogP contribution >= 0.6 is 22.9 Å². The Bertz CT molecular complexity index is 1380. The maximum absolute atomic E-state index is 13.4. The molecule has 0 spiro atoms. The summed E-state index contributed by atoms with van der Waals surface area (Å²) < 4.78 is 42.5. The van der Waals surface area contributed by atoms with Crippen LogP contribution in [0, 0.1) is 5.82 Å². The largest absolute Gasteiger partial charge is 0.481 e. The van der Waals surface area contributed by atoms with Gasteiger partial charge in [0.25, 0.3) is 10.2 Å². The smallest absolute Gasteiger partial charge is 0.309 e. The van der Waals surface area contributed by atoms with E-state index in [4.69, 9.17) is 16.7 Å². The number of aliphatic carboxylic acids is 1. The molecule has 3 aromatic rings. The Morgan fingerprint density at radius 1 is 1.29 bits per heavy atom. The summed E-state index contributed by atoms with van der Waals surface area (Å²) in [6.45, 7) is 0. The standard InChI is InChI=1S/C22H20ClFN4O5S2/c1-28-18(22(31)26-14-4-5-16(24)15(23)8-14)10-17(27-35(28,32)33)20-7-6-19(34-20)12-2-3-13(25-11-12)9-21(29)30/h2-8,11,17-18,27H,9-10H2,1H3,(H,26,31)(H,29,30)/t17-,18+/m0/s1. The molecule has 1 aromatic carbocycles. The van der Waals surface area contributed by atoms with Crippen molar-refractivity contribution < 1.29 is 27.5 Å². The first-order valence-corrected chi connectivity index (χ1v) is 12.9. The highest BCUT2D eigenvalue weighted by atomic mass is 35.5. The van der Waals surface area contributed by atoms with E-state index in [1.807, 2.05) is 6.07 Å². The molecule has 4 rings (SSSR count). The van der Waals surface area contributed by atoms with Gasteiger partial charge in [0, 0.05) is 34.2 Å². The summed E-state index contributed by atoms with van der Waals surface area (Å²) in [4.78, 5) is 29.5. The molecule has 0 bridgehead atoms. The third-order valence-electron chi connectivity index (χ3n) is 5.47. The first-order chi connectivity index (χ1) is 16.5. The third kappa shape index (κ3) is 5.68. The summed E-state index contributed by atoms with van der Waals surface area (Å²) in [6.07, 6.45) is 1.55. The zero-order chi connectivity index (χ0) is 25.3. The zero-order valence-electron chi connectivity index (χ0n) is 18.2. The number of hydrogen-bond acceptors (Lipinski definition) is 6. The van der Waals surface area contributed by atoms with Crippen molar-refractivity contribution in [2.45, 2.75) is 24.9 Å². The summed E-state index contributed by atoms with van der Waals surface area (Å²) in [5, 5.41) is 11.3. The number of rotatable bonds is 6. The normalized spacial score (nSPS) is 19.9. The maximum atomic E-state index is 13.4. The molecule has 0 saturated carbocycles. The maximum Gasteiger partial charge on any atom is 0.309 e. The number of carbonyl (C=O) groups is 2. The molecule has 184 valence electrons. The monoisotopic (exact) mass is 538 g/mol. The molecule has 2 atom stereocenters. The van der Waals surface area contributed by atoms with Gasteiger partial charge in [-0.3, -0.25) is 14.6 Å². The molecule has 13 heteroatoms. The lowest BCUT2D eigenvalue weighted by Gasteiger charge is -2.35. The number of aromatic nitrogens is 1. The van der Waals surface area contributed by atoms with Crippen molar-refractivity contribution in [1.82, 2.24) is 14.0 Å². The van der Waals surface area contributed by atoms with Crippen LogP contribution in [0.4, 0.5) is 10.1 Å². The Kier molecular flexibility index (Phi) is 7.20. The lowest BCUT2D eigenvalue weighted by atomic mass is 10.1. The number of carbonyl (C=O) groups excluding carboxylic acids is 1. The van der Waals surface area contributed by atoms with Crippen molar-refractivity contribution in [2.24, 2.45) is 0 Å². The predicted octanol–water partition coefficient (Wildman–Crippen LogP) is 3.45. The van der Waals surface area contributed by atoms with Crippen LogP contribution in [0.3, 0.4) is 0 Å². The molecular formula is C22H20ClFN4O5S2. The number of hydrogen-bond donors (Lipinski definition) is 3.